The van der Waals surface area contributed by atoms with Crippen molar-refractivity contribution < 1.29 is 19.1 Å². The quantitative estimate of drug-likeness (QED) is 0.792. The van der Waals surface area contributed by atoms with Gasteiger partial charge in [-0.2, -0.15) is 0 Å². The second-order valence-electron chi connectivity index (χ2n) is 4.88. The monoisotopic (exact) mass is 277 g/mol. The van der Waals surface area contributed by atoms with Crippen LogP contribution in [-0.4, -0.2) is 39.2 Å². The summed E-state index contributed by atoms with van der Waals surface area (Å²) in [4.78, 5) is 26.1. The van der Waals surface area contributed by atoms with Crippen molar-refractivity contribution >= 4 is 17.6 Å². The normalized spacial score (nSPS) is 14.2. The molecule has 0 N–H and O–H groups in total. The van der Waals surface area contributed by atoms with Crippen LogP contribution in [0.3, 0.4) is 0 Å². The van der Waals surface area contributed by atoms with Gasteiger partial charge in [0.25, 0.3) is 0 Å². The van der Waals surface area contributed by atoms with Crippen LogP contribution in [0.15, 0.2) is 12.1 Å². The van der Waals surface area contributed by atoms with Gasteiger partial charge in [0, 0.05) is 13.1 Å². The fraction of sp³-hybridized carbons (Fsp3) is 0.467. The van der Waals surface area contributed by atoms with Crippen LogP contribution in [0.4, 0.5) is 5.69 Å². The molecule has 20 heavy (non-hydrogen) atoms. The van der Waals surface area contributed by atoms with Gasteiger partial charge in [-0.3, -0.25) is 0 Å². The van der Waals surface area contributed by atoms with Gasteiger partial charge in [-0.15, -0.1) is 0 Å². The summed E-state index contributed by atoms with van der Waals surface area (Å²) in [6.45, 7) is 3.66. The molecule has 0 bridgehead atoms. The van der Waals surface area contributed by atoms with E-state index < -0.39 is 11.9 Å². The molecule has 108 valence electrons. The van der Waals surface area contributed by atoms with E-state index in [1.165, 1.54) is 14.2 Å². The molecule has 0 saturated carbocycles. The first-order chi connectivity index (χ1) is 9.58. The molecule has 0 spiro atoms. The van der Waals surface area contributed by atoms with E-state index in [1.54, 1.807) is 6.07 Å². The second-order valence-corrected chi connectivity index (χ2v) is 4.88. The number of aryl methyl sites for hydroxylation is 1. The highest BCUT2D eigenvalue weighted by Crippen LogP contribution is 2.30. The molecule has 0 atom stereocenters. The van der Waals surface area contributed by atoms with Gasteiger partial charge in [0.05, 0.1) is 31.0 Å². The highest BCUT2D eigenvalue weighted by Gasteiger charge is 2.27. The Morgan fingerprint density at radius 2 is 1.65 bits per heavy atom. The fourth-order valence-electron chi connectivity index (χ4n) is 2.56. The minimum absolute atomic E-state index is 0.265. The van der Waals surface area contributed by atoms with E-state index in [1.807, 2.05) is 13.0 Å². The van der Waals surface area contributed by atoms with Crippen molar-refractivity contribution in [3.8, 4) is 0 Å². The van der Waals surface area contributed by atoms with E-state index in [4.69, 9.17) is 9.47 Å². The van der Waals surface area contributed by atoms with Crippen LogP contribution in [0.2, 0.25) is 0 Å². The average molecular weight is 277 g/mol. The largest absolute Gasteiger partial charge is 0.465 e. The molecule has 0 amide bonds. The summed E-state index contributed by atoms with van der Waals surface area (Å²) in [6.07, 6.45) is 2.17. The molecular weight excluding hydrogens is 258 g/mol. The molecule has 0 unspecified atom stereocenters. The van der Waals surface area contributed by atoms with Gasteiger partial charge in [0.1, 0.15) is 0 Å². The van der Waals surface area contributed by atoms with Crippen molar-refractivity contribution in [3.05, 3.63) is 28.8 Å². The smallest absolute Gasteiger partial charge is 0.340 e. The van der Waals surface area contributed by atoms with E-state index in [2.05, 4.69) is 4.90 Å². The fourth-order valence-corrected chi connectivity index (χ4v) is 2.56. The number of anilines is 1. The third kappa shape index (κ3) is 2.61. The van der Waals surface area contributed by atoms with Crippen LogP contribution in [-0.2, 0) is 9.47 Å². The summed E-state index contributed by atoms with van der Waals surface area (Å²) in [5, 5.41) is 0. The Kier molecular flexibility index (Phi) is 4.27. The molecule has 1 saturated heterocycles. The van der Waals surface area contributed by atoms with Gasteiger partial charge in [-0.05, 0) is 37.5 Å². The second kappa shape index (κ2) is 5.94. The van der Waals surface area contributed by atoms with E-state index >= 15 is 0 Å². The molecule has 1 fully saturated rings. The minimum atomic E-state index is -0.519. The van der Waals surface area contributed by atoms with Crippen molar-refractivity contribution in [1.29, 1.82) is 0 Å². The molecule has 1 aromatic rings. The van der Waals surface area contributed by atoms with Crippen LogP contribution in [0.25, 0.3) is 0 Å². The number of nitrogens with zero attached hydrogens (tertiary/aromatic N) is 1. The molecule has 5 nitrogen and oxygen atoms in total. The molecule has 1 aliphatic rings. The van der Waals surface area contributed by atoms with E-state index in [0.717, 1.165) is 37.2 Å². The van der Waals surface area contributed by atoms with E-state index in [0.29, 0.717) is 5.56 Å². The Bertz CT molecular complexity index is 533. The summed E-state index contributed by atoms with van der Waals surface area (Å²) in [6, 6.07) is 3.58. The predicted molar refractivity (Wildman–Crippen MR) is 75.3 cm³/mol. The summed E-state index contributed by atoms with van der Waals surface area (Å²) in [5.41, 5.74) is 2.24. The molecule has 1 heterocycles. The van der Waals surface area contributed by atoms with E-state index in [9.17, 15) is 9.59 Å². The molecule has 1 aromatic carbocycles. The SMILES string of the molecule is COC(=O)c1cc(C)cc(N2CCCC2)c1C(=O)OC. The van der Waals surface area contributed by atoms with E-state index in [-0.39, 0.29) is 5.56 Å². The Labute approximate surface area is 118 Å². The maximum Gasteiger partial charge on any atom is 0.340 e. The van der Waals surface area contributed by atoms with Gasteiger partial charge >= 0.3 is 11.9 Å². The minimum Gasteiger partial charge on any atom is -0.465 e. The first-order valence-corrected chi connectivity index (χ1v) is 6.64. The Morgan fingerprint density at radius 1 is 1.05 bits per heavy atom. The van der Waals surface area contributed by atoms with Gasteiger partial charge in [0.2, 0.25) is 0 Å². The number of carbonyl (C=O) groups is 2. The zero-order chi connectivity index (χ0) is 14.7. The standard InChI is InChI=1S/C15H19NO4/c1-10-8-11(14(17)19-2)13(15(18)20-3)12(9-10)16-6-4-5-7-16/h8-9H,4-7H2,1-3H3. The highest BCUT2D eigenvalue weighted by atomic mass is 16.5. The van der Waals surface area contributed by atoms with Crippen LogP contribution in [0, 0.1) is 6.92 Å². The number of rotatable bonds is 3. The van der Waals surface area contributed by atoms with Gasteiger partial charge < -0.3 is 14.4 Å². The maximum atomic E-state index is 12.1. The first-order valence-electron chi connectivity index (χ1n) is 6.64. The van der Waals surface area contributed by atoms with Crippen LogP contribution < -0.4 is 4.90 Å². The van der Waals surface area contributed by atoms with Crippen molar-refractivity contribution in [3.63, 3.8) is 0 Å². The maximum absolute atomic E-state index is 12.1. The number of carbonyl (C=O) groups excluding carboxylic acids is 2. The molecule has 2 rings (SSSR count). The van der Waals surface area contributed by atoms with Crippen molar-refractivity contribution in [2.75, 3.05) is 32.2 Å². The zero-order valence-corrected chi connectivity index (χ0v) is 12.1. The number of hydrogen-bond acceptors (Lipinski definition) is 5. The van der Waals surface area contributed by atoms with Crippen molar-refractivity contribution in [2.24, 2.45) is 0 Å². The van der Waals surface area contributed by atoms with Crippen molar-refractivity contribution in [1.82, 2.24) is 0 Å². The zero-order valence-electron chi connectivity index (χ0n) is 12.1. The number of esters is 2. The van der Waals surface area contributed by atoms with Crippen LogP contribution >= 0.6 is 0 Å². The highest BCUT2D eigenvalue weighted by molar-refractivity contribution is 6.07. The topological polar surface area (TPSA) is 55.8 Å². The van der Waals surface area contributed by atoms with Crippen molar-refractivity contribution in [2.45, 2.75) is 19.8 Å². The molecular formula is C15H19NO4. The lowest BCUT2D eigenvalue weighted by atomic mass is 10.0. The summed E-state index contributed by atoms with van der Waals surface area (Å²) in [7, 11) is 2.62. The first kappa shape index (κ1) is 14.4. The molecule has 1 aliphatic heterocycles. The lowest BCUT2D eigenvalue weighted by Gasteiger charge is -2.22. The predicted octanol–water partition coefficient (Wildman–Crippen LogP) is 2.17. The van der Waals surface area contributed by atoms with Gasteiger partial charge in [0.15, 0.2) is 0 Å². The number of ether oxygens (including phenoxy) is 2. The number of hydrogen-bond donors (Lipinski definition) is 0. The Balaban J connectivity index is 2.61. The Hall–Kier alpha value is -2.04. The molecule has 5 heteroatoms. The van der Waals surface area contributed by atoms with Gasteiger partial charge in [-0.1, -0.05) is 0 Å². The third-order valence-electron chi connectivity index (χ3n) is 3.50. The number of methoxy groups -OCH3 is 2. The third-order valence-corrected chi connectivity index (χ3v) is 3.50. The Morgan fingerprint density at radius 3 is 2.20 bits per heavy atom. The van der Waals surface area contributed by atoms with Crippen LogP contribution in [0.1, 0.15) is 39.1 Å². The lowest BCUT2D eigenvalue weighted by Crippen LogP contribution is -2.23. The summed E-state index contributed by atoms with van der Waals surface area (Å²) in [5.74, 6) is -1.03. The van der Waals surface area contributed by atoms with Gasteiger partial charge in [-0.25, -0.2) is 9.59 Å². The molecule has 0 aromatic heterocycles. The molecule has 0 radical (unpaired) electrons. The summed E-state index contributed by atoms with van der Waals surface area (Å²) >= 11 is 0. The molecule has 0 aliphatic carbocycles. The number of benzene rings is 1. The lowest BCUT2D eigenvalue weighted by molar-refractivity contribution is 0.0555. The van der Waals surface area contributed by atoms with Crippen LogP contribution in [0.5, 0.6) is 0 Å². The summed E-state index contributed by atoms with van der Waals surface area (Å²) < 4.78 is 9.62. The average Bonchev–Trinajstić information content (AvgIpc) is 2.98.